The standard InChI is InChI=1S/C18H21NO/c1-13(2)11-19-17-9-5-8-16-15(17)7-6-10-18(16)20-12-14(3)4/h5-10,19H,1,3,11-12H2,2,4H3. The van der Waals surface area contributed by atoms with Crippen molar-refractivity contribution in [3.05, 3.63) is 60.7 Å². The topological polar surface area (TPSA) is 21.3 Å². The number of rotatable bonds is 6. The van der Waals surface area contributed by atoms with Crippen molar-refractivity contribution in [3.8, 4) is 5.75 Å². The van der Waals surface area contributed by atoms with Crippen molar-refractivity contribution in [2.24, 2.45) is 0 Å². The molecule has 2 aromatic rings. The summed E-state index contributed by atoms with van der Waals surface area (Å²) in [5.74, 6) is 0.893. The number of hydrogen-bond donors (Lipinski definition) is 1. The lowest BCUT2D eigenvalue weighted by molar-refractivity contribution is 0.357. The highest BCUT2D eigenvalue weighted by Gasteiger charge is 2.05. The lowest BCUT2D eigenvalue weighted by Gasteiger charge is -2.13. The first kappa shape index (κ1) is 14.2. The van der Waals surface area contributed by atoms with E-state index in [1.165, 1.54) is 0 Å². The molecule has 20 heavy (non-hydrogen) atoms. The van der Waals surface area contributed by atoms with Gasteiger partial charge in [0.15, 0.2) is 0 Å². The van der Waals surface area contributed by atoms with E-state index in [-0.39, 0.29) is 0 Å². The molecule has 0 amide bonds. The van der Waals surface area contributed by atoms with Crippen LogP contribution in [0, 0.1) is 0 Å². The highest BCUT2D eigenvalue weighted by Crippen LogP contribution is 2.31. The Bertz CT molecular complexity index is 586. The summed E-state index contributed by atoms with van der Waals surface area (Å²) >= 11 is 0. The zero-order chi connectivity index (χ0) is 14.5. The molecular formula is C18H21NO. The summed E-state index contributed by atoms with van der Waals surface area (Å²) in [4.78, 5) is 0. The molecule has 2 nitrogen and oxygen atoms in total. The van der Waals surface area contributed by atoms with Crippen LogP contribution in [0.2, 0.25) is 0 Å². The summed E-state index contributed by atoms with van der Waals surface area (Å²) in [6, 6.07) is 12.3. The van der Waals surface area contributed by atoms with E-state index in [4.69, 9.17) is 4.74 Å². The van der Waals surface area contributed by atoms with Gasteiger partial charge in [-0.1, -0.05) is 43.0 Å². The summed E-state index contributed by atoms with van der Waals surface area (Å²) in [6.45, 7) is 13.1. The average molecular weight is 267 g/mol. The molecule has 0 bridgehead atoms. The van der Waals surface area contributed by atoms with E-state index in [1.54, 1.807) is 0 Å². The Morgan fingerprint density at radius 3 is 2.40 bits per heavy atom. The Labute approximate surface area is 120 Å². The number of fused-ring (bicyclic) bond motifs is 1. The Hall–Kier alpha value is -2.22. The SMILES string of the molecule is C=C(C)CNc1cccc2c(OCC(=C)C)cccc12. The number of hydrogen-bond acceptors (Lipinski definition) is 2. The van der Waals surface area contributed by atoms with Gasteiger partial charge in [0.1, 0.15) is 12.4 Å². The molecule has 0 aliphatic rings. The Morgan fingerprint density at radius 2 is 1.70 bits per heavy atom. The monoisotopic (exact) mass is 267 g/mol. The molecule has 0 aromatic heterocycles. The minimum atomic E-state index is 0.544. The van der Waals surface area contributed by atoms with Crippen LogP contribution in [0.25, 0.3) is 10.8 Å². The van der Waals surface area contributed by atoms with Gasteiger partial charge in [0.25, 0.3) is 0 Å². The zero-order valence-electron chi connectivity index (χ0n) is 12.2. The lowest BCUT2D eigenvalue weighted by atomic mass is 10.1. The number of benzene rings is 2. The fourth-order valence-corrected chi connectivity index (χ4v) is 2.01. The van der Waals surface area contributed by atoms with Crippen molar-refractivity contribution in [3.63, 3.8) is 0 Å². The summed E-state index contributed by atoms with van der Waals surface area (Å²) < 4.78 is 5.82. The maximum Gasteiger partial charge on any atom is 0.127 e. The molecule has 0 heterocycles. The van der Waals surface area contributed by atoms with E-state index in [1.807, 2.05) is 32.0 Å². The van der Waals surface area contributed by atoms with Gasteiger partial charge >= 0.3 is 0 Å². The van der Waals surface area contributed by atoms with Gasteiger partial charge in [-0.25, -0.2) is 0 Å². The van der Waals surface area contributed by atoms with Crippen LogP contribution < -0.4 is 10.1 Å². The third-order valence-corrected chi connectivity index (χ3v) is 2.94. The van der Waals surface area contributed by atoms with Crippen LogP contribution >= 0.6 is 0 Å². The van der Waals surface area contributed by atoms with E-state index in [0.717, 1.165) is 39.9 Å². The van der Waals surface area contributed by atoms with Crippen molar-refractivity contribution >= 4 is 16.5 Å². The minimum absolute atomic E-state index is 0.544. The highest BCUT2D eigenvalue weighted by atomic mass is 16.5. The molecule has 2 rings (SSSR count). The van der Waals surface area contributed by atoms with Crippen LogP contribution in [0.1, 0.15) is 13.8 Å². The van der Waals surface area contributed by atoms with Gasteiger partial charge < -0.3 is 10.1 Å². The second kappa shape index (κ2) is 6.29. The molecule has 0 fully saturated rings. The largest absolute Gasteiger partial charge is 0.489 e. The molecule has 2 heteroatoms. The summed E-state index contributed by atoms with van der Waals surface area (Å²) in [6.07, 6.45) is 0. The summed E-state index contributed by atoms with van der Waals surface area (Å²) in [5, 5.41) is 5.68. The van der Waals surface area contributed by atoms with Crippen molar-refractivity contribution in [2.75, 3.05) is 18.5 Å². The maximum absolute atomic E-state index is 5.82. The molecule has 0 aliphatic carbocycles. The van der Waals surface area contributed by atoms with Gasteiger partial charge in [0, 0.05) is 23.0 Å². The Kier molecular flexibility index (Phi) is 4.46. The number of nitrogens with one attached hydrogen (secondary N) is 1. The fraction of sp³-hybridized carbons (Fsp3) is 0.222. The van der Waals surface area contributed by atoms with E-state index >= 15 is 0 Å². The van der Waals surface area contributed by atoms with Crippen LogP contribution in [-0.4, -0.2) is 13.2 Å². The fourth-order valence-electron chi connectivity index (χ4n) is 2.01. The first-order valence-corrected chi connectivity index (χ1v) is 6.75. The zero-order valence-corrected chi connectivity index (χ0v) is 12.2. The van der Waals surface area contributed by atoms with E-state index in [0.29, 0.717) is 6.61 Å². The van der Waals surface area contributed by atoms with Crippen LogP contribution in [0.5, 0.6) is 5.75 Å². The van der Waals surface area contributed by atoms with E-state index in [2.05, 4.69) is 36.7 Å². The van der Waals surface area contributed by atoms with Crippen LogP contribution in [0.4, 0.5) is 5.69 Å². The number of anilines is 1. The quantitative estimate of drug-likeness (QED) is 0.760. The molecule has 0 saturated heterocycles. The van der Waals surface area contributed by atoms with Gasteiger partial charge in [-0.3, -0.25) is 0 Å². The maximum atomic E-state index is 5.82. The van der Waals surface area contributed by atoms with Crippen molar-refractivity contribution in [1.82, 2.24) is 0 Å². The van der Waals surface area contributed by atoms with E-state index in [9.17, 15) is 0 Å². The smallest absolute Gasteiger partial charge is 0.127 e. The first-order chi connectivity index (χ1) is 9.58. The van der Waals surface area contributed by atoms with Crippen molar-refractivity contribution in [1.29, 1.82) is 0 Å². The van der Waals surface area contributed by atoms with Crippen LogP contribution in [0.3, 0.4) is 0 Å². The van der Waals surface area contributed by atoms with E-state index < -0.39 is 0 Å². The van der Waals surface area contributed by atoms with Crippen molar-refractivity contribution < 1.29 is 4.74 Å². The Balaban J connectivity index is 2.35. The highest BCUT2D eigenvalue weighted by molar-refractivity contribution is 5.97. The minimum Gasteiger partial charge on any atom is -0.489 e. The second-order valence-corrected chi connectivity index (χ2v) is 5.21. The molecular weight excluding hydrogens is 246 g/mol. The molecule has 0 saturated carbocycles. The molecule has 1 N–H and O–H groups in total. The summed E-state index contributed by atoms with van der Waals surface area (Å²) in [7, 11) is 0. The first-order valence-electron chi connectivity index (χ1n) is 6.75. The van der Waals surface area contributed by atoms with Gasteiger partial charge in [0.2, 0.25) is 0 Å². The predicted octanol–water partition coefficient (Wildman–Crippen LogP) is 4.78. The number of ether oxygens (including phenoxy) is 1. The molecule has 0 aliphatic heterocycles. The lowest BCUT2D eigenvalue weighted by Crippen LogP contribution is -2.03. The molecule has 0 atom stereocenters. The van der Waals surface area contributed by atoms with Gasteiger partial charge in [0.05, 0.1) is 0 Å². The molecule has 0 radical (unpaired) electrons. The summed E-state index contributed by atoms with van der Waals surface area (Å²) in [5.41, 5.74) is 3.22. The third-order valence-electron chi connectivity index (χ3n) is 2.94. The Morgan fingerprint density at radius 1 is 1.00 bits per heavy atom. The second-order valence-electron chi connectivity index (χ2n) is 5.21. The van der Waals surface area contributed by atoms with Gasteiger partial charge in [-0.2, -0.15) is 0 Å². The van der Waals surface area contributed by atoms with Crippen LogP contribution in [-0.2, 0) is 0 Å². The predicted molar refractivity (Wildman–Crippen MR) is 87.6 cm³/mol. The normalized spacial score (nSPS) is 10.3. The third kappa shape index (κ3) is 3.41. The molecule has 0 unspecified atom stereocenters. The molecule has 104 valence electrons. The molecule has 2 aromatic carbocycles. The van der Waals surface area contributed by atoms with Crippen molar-refractivity contribution in [2.45, 2.75) is 13.8 Å². The van der Waals surface area contributed by atoms with Gasteiger partial charge in [-0.15, -0.1) is 0 Å². The molecule has 0 spiro atoms. The van der Waals surface area contributed by atoms with Crippen LogP contribution in [0.15, 0.2) is 60.7 Å². The van der Waals surface area contributed by atoms with Gasteiger partial charge in [-0.05, 0) is 31.6 Å². The average Bonchev–Trinajstić information content (AvgIpc) is 2.42.